The van der Waals surface area contributed by atoms with Gasteiger partial charge < -0.3 is 25.3 Å². The number of benzene rings is 1. The summed E-state index contributed by atoms with van der Waals surface area (Å²) < 4.78 is 11.2. The van der Waals surface area contributed by atoms with E-state index in [0.717, 1.165) is 0 Å². The van der Waals surface area contributed by atoms with Crippen molar-refractivity contribution < 1.29 is 14.6 Å². The molecule has 1 aromatic heterocycles. The van der Waals surface area contributed by atoms with Gasteiger partial charge in [-0.05, 0) is 32.0 Å². The second-order valence-corrected chi connectivity index (χ2v) is 6.56. The van der Waals surface area contributed by atoms with Crippen molar-refractivity contribution in [2.75, 3.05) is 25.2 Å². The number of hydrazine groups is 1. The Morgan fingerprint density at radius 2 is 2.00 bits per heavy atom. The Hall–Kier alpha value is -2.86. The highest BCUT2D eigenvalue weighted by atomic mass is 16.5. The molecule has 8 nitrogen and oxygen atoms in total. The van der Waals surface area contributed by atoms with Crippen molar-refractivity contribution in [3.63, 3.8) is 0 Å². The maximum atomic E-state index is 10.2. The first kappa shape index (κ1) is 20.5. The predicted molar refractivity (Wildman–Crippen MR) is 103 cm³/mol. The number of aromatic nitrogens is 2. The Bertz CT molecular complexity index is 759. The standard InChI is InChI=1S/C19H25N5O3/c1-4-14-7-5-6-8-16(14)26-12-15(25)11-21-19(2,3)13-27-18-10-9-17(22-20)23-24-18/h1,5-10,15,21,25H,11-13,20H2,2-3H3,(H,22,23). The molecule has 0 radical (unpaired) electrons. The third-order valence-corrected chi connectivity index (χ3v) is 3.66. The van der Waals surface area contributed by atoms with Crippen LogP contribution in [0.2, 0.25) is 0 Å². The number of aliphatic hydroxyl groups is 1. The van der Waals surface area contributed by atoms with Gasteiger partial charge in [-0.2, -0.15) is 0 Å². The van der Waals surface area contributed by atoms with Crippen molar-refractivity contribution in [1.82, 2.24) is 15.5 Å². The maximum absolute atomic E-state index is 10.2. The van der Waals surface area contributed by atoms with E-state index in [1.165, 1.54) is 0 Å². The fourth-order valence-electron chi connectivity index (χ4n) is 2.13. The summed E-state index contributed by atoms with van der Waals surface area (Å²) in [4.78, 5) is 0. The molecule has 2 aromatic rings. The number of rotatable bonds is 10. The minimum Gasteiger partial charge on any atom is -0.490 e. The molecule has 0 amide bonds. The fraction of sp³-hybridized carbons (Fsp3) is 0.368. The van der Waals surface area contributed by atoms with Crippen molar-refractivity contribution >= 4 is 5.82 Å². The monoisotopic (exact) mass is 371 g/mol. The number of hydrogen-bond acceptors (Lipinski definition) is 8. The van der Waals surface area contributed by atoms with Gasteiger partial charge in [0.2, 0.25) is 5.88 Å². The fourth-order valence-corrected chi connectivity index (χ4v) is 2.13. The second-order valence-electron chi connectivity index (χ2n) is 6.56. The Morgan fingerprint density at radius 1 is 1.22 bits per heavy atom. The van der Waals surface area contributed by atoms with E-state index in [1.807, 2.05) is 26.0 Å². The predicted octanol–water partition coefficient (Wildman–Crippen LogP) is 0.930. The van der Waals surface area contributed by atoms with Crippen molar-refractivity contribution in [1.29, 1.82) is 0 Å². The minimum atomic E-state index is -0.704. The van der Waals surface area contributed by atoms with Crippen LogP contribution >= 0.6 is 0 Å². The quantitative estimate of drug-likeness (QED) is 0.277. The molecule has 1 heterocycles. The van der Waals surface area contributed by atoms with Gasteiger partial charge in [-0.25, -0.2) is 5.84 Å². The van der Waals surface area contributed by atoms with Gasteiger partial charge in [0.1, 0.15) is 25.1 Å². The molecule has 1 aromatic carbocycles. The highest BCUT2D eigenvalue weighted by Gasteiger charge is 2.20. The number of nitrogens with one attached hydrogen (secondary N) is 2. The number of terminal acetylenes is 1. The molecule has 2 rings (SSSR count). The van der Waals surface area contributed by atoms with Crippen molar-refractivity contribution in [3.8, 4) is 24.0 Å². The zero-order valence-electron chi connectivity index (χ0n) is 15.5. The van der Waals surface area contributed by atoms with E-state index >= 15 is 0 Å². The summed E-state index contributed by atoms with van der Waals surface area (Å²) in [5.41, 5.74) is 2.66. The van der Waals surface area contributed by atoms with E-state index in [9.17, 15) is 5.11 Å². The first-order valence-corrected chi connectivity index (χ1v) is 8.48. The molecule has 0 fully saturated rings. The SMILES string of the molecule is C#Cc1ccccc1OCC(O)CNC(C)(C)COc1ccc(NN)nn1. The van der Waals surface area contributed by atoms with Crippen LogP contribution in [-0.4, -0.2) is 46.7 Å². The van der Waals surface area contributed by atoms with Crippen LogP contribution in [0.3, 0.4) is 0 Å². The number of para-hydroxylation sites is 1. The third kappa shape index (κ3) is 6.75. The smallest absolute Gasteiger partial charge is 0.233 e. The van der Waals surface area contributed by atoms with Crippen LogP contribution in [0.1, 0.15) is 19.4 Å². The molecular formula is C19H25N5O3. The number of nitrogens with two attached hydrogens (primary N) is 1. The van der Waals surface area contributed by atoms with E-state index in [0.29, 0.717) is 36.2 Å². The highest BCUT2D eigenvalue weighted by molar-refractivity contribution is 5.44. The van der Waals surface area contributed by atoms with E-state index in [2.05, 4.69) is 26.9 Å². The summed E-state index contributed by atoms with van der Waals surface area (Å²) in [5, 5.41) is 21.1. The molecule has 27 heavy (non-hydrogen) atoms. The maximum Gasteiger partial charge on any atom is 0.233 e. The van der Waals surface area contributed by atoms with E-state index in [-0.39, 0.29) is 6.61 Å². The lowest BCUT2D eigenvalue weighted by Gasteiger charge is -2.27. The summed E-state index contributed by atoms with van der Waals surface area (Å²) >= 11 is 0. The lowest BCUT2D eigenvalue weighted by atomic mass is 10.1. The first-order valence-electron chi connectivity index (χ1n) is 8.48. The molecular weight excluding hydrogens is 346 g/mol. The normalized spacial score (nSPS) is 12.1. The van der Waals surface area contributed by atoms with Crippen molar-refractivity contribution in [2.45, 2.75) is 25.5 Å². The lowest BCUT2D eigenvalue weighted by molar-refractivity contribution is 0.0922. The van der Waals surface area contributed by atoms with Crippen LogP contribution in [0.4, 0.5) is 5.82 Å². The minimum absolute atomic E-state index is 0.127. The van der Waals surface area contributed by atoms with Gasteiger partial charge >= 0.3 is 0 Å². The number of aliphatic hydroxyl groups excluding tert-OH is 1. The van der Waals surface area contributed by atoms with E-state index < -0.39 is 11.6 Å². The van der Waals surface area contributed by atoms with Gasteiger partial charge in [-0.1, -0.05) is 18.1 Å². The molecule has 1 unspecified atom stereocenters. The zero-order valence-corrected chi connectivity index (χ0v) is 15.5. The number of nitrogens with zero attached hydrogens (tertiary/aromatic N) is 2. The van der Waals surface area contributed by atoms with E-state index in [1.54, 1.807) is 24.3 Å². The van der Waals surface area contributed by atoms with Gasteiger partial charge in [0.05, 0.1) is 5.56 Å². The molecule has 0 aliphatic carbocycles. The van der Waals surface area contributed by atoms with Crippen LogP contribution in [0.5, 0.6) is 11.6 Å². The van der Waals surface area contributed by atoms with Crippen LogP contribution in [0.15, 0.2) is 36.4 Å². The Kier molecular flexibility index (Phi) is 7.37. The molecule has 5 N–H and O–H groups in total. The van der Waals surface area contributed by atoms with Crippen molar-refractivity contribution in [3.05, 3.63) is 42.0 Å². The summed E-state index contributed by atoms with van der Waals surface area (Å²) in [6.45, 7) is 4.71. The third-order valence-electron chi connectivity index (χ3n) is 3.66. The number of nitrogen functional groups attached to an aromatic ring is 1. The average molecular weight is 371 g/mol. The molecule has 144 valence electrons. The van der Waals surface area contributed by atoms with Gasteiger partial charge in [0.25, 0.3) is 0 Å². The molecule has 1 atom stereocenters. The summed E-state index contributed by atoms with van der Waals surface area (Å²) in [5.74, 6) is 9.22. The number of β-amino-alcohol motifs (C(OH)–C–C–N with tert-alkyl or cyclic N) is 1. The molecule has 0 saturated heterocycles. The average Bonchev–Trinajstić information content (AvgIpc) is 2.70. The van der Waals surface area contributed by atoms with Gasteiger partial charge in [0, 0.05) is 18.2 Å². The summed E-state index contributed by atoms with van der Waals surface area (Å²) in [6, 6.07) is 10.6. The first-order chi connectivity index (χ1) is 12.9. The topological polar surface area (TPSA) is 115 Å². The zero-order chi connectivity index (χ0) is 19.7. The van der Waals surface area contributed by atoms with Gasteiger partial charge in [-0.15, -0.1) is 16.6 Å². The van der Waals surface area contributed by atoms with Gasteiger partial charge in [-0.3, -0.25) is 0 Å². The second kappa shape index (κ2) is 9.73. The lowest BCUT2D eigenvalue weighted by Crippen LogP contribution is -2.48. The van der Waals surface area contributed by atoms with Crippen LogP contribution in [0, 0.1) is 12.3 Å². The van der Waals surface area contributed by atoms with E-state index in [4.69, 9.17) is 21.7 Å². The molecule has 8 heteroatoms. The Morgan fingerprint density at radius 3 is 2.67 bits per heavy atom. The number of ether oxygens (including phenoxy) is 2. The molecule has 0 saturated carbocycles. The largest absolute Gasteiger partial charge is 0.490 e. The molecule has 0 aliphatic rings. The van der Waals surface area contributed by atoms with Crippen molar-refractivity contribution in [2.24, 2.45) is 5.84 Å². The summed E-state index contributed by atoms with van der Waals surface area (Å²) in [7, 11) is 0. The Balaban J connectivity index is 1.75. The summed E-state index contributed by atoms with van der Waals surface area (Å²) in [6.07, 6.45) is 4.73. The van der Waals surface area contributed by atoms with Crippen LogP contribution in [-0.2, 0) is 0 Å². The number of hydrogen-bond donors (Lipinski definition) is 4. The Labute approximate surface area is 159 Å². The highest BCUT2D eigenvalue weighted by Crippen LogP contribution is 2.16. The molecule has 0 aliphatic heterocycles. The van der Waals surface area contributed by atoms with Crippen LogP contribution < -0.4 is 26.1 Å². The van der Waals surface area contributed by atoms with Gasteiger partial charge in [0.15, 0.2) is 5.82 Å². The van der Waals surface area contributed by atoms with Crippen LogP contribution in [0.25, 0.3) is 0 Å². The molecule has 0 spiro atoms. The molecule has 0 bridgehead atoms. The number of anilines is 1.